The maximum Gasteiger partial charge on any atom is -0.00490 e. The van der Waals surface area contributed by atoms with Crippen LogP contribution in [0, 0.1) is 0 Å². The van der Waals surface area contributed by atoms with Crippen molar-refractivity contribution in [2.24, 2.45) is 0 Å². The molecule has 0 aliphatic heterocycles. The first-order chi connectivity index (χ1) is 9.22. The SMILES string of the molecule is CC.CC1=CCCCC=C1C.CCCCNCCC. The minimum atomic E-state index is 1.18. The third kappa shape index (κ3) is 15.4. The van der Waals surface area contributed by atoms with Gasteiger partial charge in [0.15, 0.2) is 0 Å². The van der Waals surface area contributed by atoms with Crippen LogP contribution < -0.4 is 5.32 Å². The van der Waals surface area contributed by atoms with Crippen LogP contribution in [0.4, 0.5) is 0 Å². The van der Waals surface area contributed by atoms with Crippen molar-refractivity contribution in [3.05, 3.63) is 23.3 Å². The van der Waals surface area contributed by atoms with E-state index in [-0.39, 0.29) is 0 Å². The zero-order valence-corrected chi connectivity index (χ0v) is 14.3. The molecule has 1 aliphatic rings. The summed E-state index contributed by atoms with van der Waals surface area (Å²) >= 11 is 0. The molecule has 1 aliphatic carbocycles. The van der Waals surface area contributed by atoms with E-state index >= 15 is 0 Å². The normalized spacial score (nSPS) is 14.0. The van der Waals surface area contributed by atoms with Crippen molar-refractivity contribution in [3.8, 4) is 0 Å². The Bertz CT molecular complexity index is 202. The van der Waals surface area contributed by atoms with E-state index in [1.165, 1.54) is 62.8 Å². The van der Waals surface area contributed by atoms with Crippen molar-refractivity contribution < 1.29 is 0 Å². The first-order valence-electron chi connectivity index (χ1n) is 8.27. The van der Waals surface area contributed by atoms with Crippen LogP contribution in [0.15, 0.2) is 23.3 Å². The van der Waals surface area contributed by atoms with Gasteiger partial charge < -0.3 is 5.32 Å². The molecule has 0 bridgehead atoms. The van der Waals surface area contributed by atoms with E-state index in [1.807, 2.05) is 13.8 Å². The summed E-state index contributed by atoms with van der Waals surface area (Å²) in [4.78, 5) is 0. The van der Waals surface area contributed by atoms with Crippen molar-refractivity contribution in [1.29, 1.82) is 0 Å². The molecule has 19 heavy (non-hydrogen) atoms. The molecule has 114 valence electrons. The molecule has 1 heteroatoms. The van der Waals surface area contributed by atoms with E-state index < -0.39 is 0 Å². The Morgan fingerprint density at radius 3 is 1.84 bits per heavy atom. The lowest BCUT2D eigenvalue weighted by Crippen LogP contribution is -2.15. The Morgan fingerprint density at radius 1 is 0.895 bits per heavy atom. The highest BCUT2D eigenvalue weighted by molar-refractivity contribution is 5.27. The van der Waals surface area contributed by atoms with Gasteiger partial charge in [0.05, 0.1) is 0 Å². The van der Waals surface area contributed by atoms with Gasteiger partial charge in [0, 0.05) is 0 Å². The Labute approximate surface area is 122 Å². The van der Waals surface area contributed by atoms with Crippen molar-refractivity contribution in [2.75, 3.05) is 13.1 Å². The zero-order valence-electron chi connectivity index (χ0n) is 14.3. The van der Waals surface area contributed by atoms with Gasteiger partial charge in [-0.05, 0) is 59.0 Å². The van der Waals surface area contributed by atoms with Gasteiger partial charge in [-0.2, -0.15) is 0 Å². The first kappa shape index (κ1) is 20.8. The van der Waals surface area contributed by atoms with E-state index in [4.69, 9.17) is 0 Å². The average Bonchev–Trinajstić information content (AvgIpc) is 2.63. The lowest BCUT2D eigenvalue weighted by molar-refractivity contribution is 0.633. The fourth-order valence-electron chi connectivity index (χ4n) is 1.68. The summed E-state index contributed by atoms with van der Waals surface area (Å²) in [6, 6.07) is 0. The number of rotatable bonds is 5. The van der Waals surface area contributed by atoms with E-state index in [0.717, 1.165) is 0 Å². The number of hydrogen-bond acceptors (Lipinski definition) is 1. The summed E-state index contributed by atoms with van der Waals surface area (Å²) in [6.45, 7) is 15.2. The highest BCUT2D eigenvalue weighted by atomic mass is 14.8. The fourth-order valence-corrected chi connectivity index (χ4v) is 1.68. The second-order valence-corrected chi connectivity index (χ2v) is 4.81. The molecule has 0 aromatic carbocycles. The van der Waals surface area contributed by atoms with Gasteiger partial charge in [-0.3, -0.25) is 0 Å². The monoisotopic (exact) mass is 267 g/mol. The number of hydrogen-bond donors (Lipinski definition) is 1. The van der Waals surface area contributed by atoms with Gasteiger partial charge in [-0.15, -0.1) is 0 Å². The molecule has 1 nitrogen and oxygen atoms in total. The van der Waals surface area contributed by atoms with Gasteiger partial charge in [0.2, 0.25) is 0 Å². The molecule has 1 rings (SSSR count). The molecule has 0 heterocycles. The van der Waals surface area contributed by atoms with Crippen LogP contribution in [0.2, 0.25) is 0 Å². The summed E-state index contributed by atoms with van der Waals surface area (Å²) in [5.74, 6) is 0. The third-order valence-electron chi connectivity index (χ3n) is 3.07. The summed E-state index contributed by atoms with van der Waals surface area (Å²) in [5.41, 5.74) is 2.93. The van der Waals surface area contributed by atoms with Crippen LogP contribution in [0.25, 0.3) is 0 Å². The summed E-state index contributed by atoms with van der Waals surface area (Å²) < 4.78 is 0. The van der Waals surface area contributed by atoms with Crippen LogP contribution in [-0.2, 0) is 0 Å². The van der Waals surface area contributed by atoms with E-state index in [9.17, 15) is 0 Å². The summed E-state index contributed by atoms with van der Waals surface area (Å²) in [5, 5.41) is 3.34. The Kier molecular flexibility index (Phi) is 19.0. The molecule has 0 radical (unpaired) electrons. The topological polar surface area (TPSA) is 12.0 Å². The van der Waals surface area contributed by atoms with Crippen molar-refractivity contribution in [1.82, 2.24) is 5.32 Å². The van der Waals surface area contributed by atoms with E-state index in [1.54, 1.807) is 0 Å². The minimum Gasteiger partial charge on any atom is -0.317 e. The van der Waals surface area contributed by atoms with Crippen LogP contribution in [0.1, 0.15) is 80.1 Å². The molecule has 0 aromatic rings. The van der Waals surface area contributed by atoms with Crippen molar-refractivity contribution >= 4 is 0 Å². The minimum absolute atomic E-state index is 1.18. The van der Waals surface area contributed by atoms with Crippen LogP contribution in [-0.4, -0.2) is 13.1 Å². The van der Waals surface area contributed by atoms with Crippen LogP contribution in [0.3, 0.4) is 0 Å². The Morgan fingerprint density at radius 2 is 1.42 bits per heavy atom. The van der Waals surface area contributed by atoms with Gasteiger partial charge in [0.25, 0.3) is 0 Å². The summed E-state index contributed by atoms with van der Waals surface area (Å²) in [6.07, 6.45) is 12.4. The lowest BCUT2D eigenvalue weighted by atomic mass is 10.1. The van der Waals surface area contributed by atoms with E-state index in [0.29, 0.717) is 0 Å². The third-order valence-corrected chi connectivity index (χ3v) is 3.07. The predicted molar refractivity (Wildman–Crippen MR) is 90.8 cm³/mol. The zero-order chi connectivity index (χ0) is 14.9. The first-order valence-corrected chi connectivity index (χ1v) is 8.27. The molecular formula is C18H37N. The van der Waals surface area contributed by atoms with Crippen molar-refractivity contribution in [2.45, 2.75) is 80.1 Å². The molecule has 0 spiro atoms. The smallest absolute Gasteiger partial charge is 0.00490 e. The Balaban J connectivity index is 0. The van der Waals surface area contributed by atoms with Crippen LogP contribution in [0.5, 0.6) is 0 Å². The lowest BCUT2D eigenvalue weighted by Gasteiger charge is -1.98. The average molecular weight is 268 g/mol. The highest BCUT2D eigenvalue weighted by Crippen LogP contribution is 2.16. The molecule has 0 saturated carbocycles. The summed E-state index contributed by atoms with van der Waals surface area (Å²) in [7, 11) is 0. The molecule has 0 unspecified atom stereocenters. The second-order valence-electron chi connectivity index (χ2n) is 4.81. The quantitative estimate of drug-likeness (QED) is 0.614. The highest BCUT2D eigenvalue weighted by Gasteiger charge is 1.95. The second kappa shape index (κ2) is 17.4. The number of unbranched alkanes of at least 4 members (excludes halogenated alkanes) is 1. The molecule has 0 aromatic heterocycles. The van der Waals surface area contributed by atoms with E-state index in [2.05, 4.69) is 45.2 Å². The Hall–Kier alpha value is -0.560. The van der Waals surface area contributed by atoms with Gasteiger partial charge in [-0.25, -0.2) is 0 Å². The largest absolute Gasteiger partial charge is 0.317 e. The maximum atomic E-state index is 3.34. The molecule has 0 fully saturated rings. The van der Waals surface area contributed by atoms with Gasteiger partial charge in [-0.1, -0.05) is 57.4 Å². The predicted octanol–water partition coefficient (Wildman–Crippen LogP) is 5.88. The molecule has 1 N–H and O–H groups in total. The number of allylic oxidation sites excluding steroid dienone is 4. The van der Waals surface area contributed by atoms with Crippen molar-refractivity contribution in [3.63, 3.8) is 0 Å². The fraction of sp³-hybridized carbons (Fsp3) is 0.778. The molecule has 0 amide bonds. The van der Waals surface area contributed by atoms with Gasteiger partial charge >= 0.3 is 0 Å². The van der Waals surface area contributed by atoms with Gasteiger partial charge in [0.1, 0.15) is 0 Å². The molecule has 0 saturated heterocycles. The molecule has 0 atom stereocenters. The maximum absolute atomic E-state index is 3.34. The van der Waals surface area contributed by atoms with Crippen LogP contribution >= 0.6 is 0 Å². The standard InChI is InChI=1S/C9H14.C7H17N.C2H6/c1-8-6-4-3-5-7-9(8)2;1-3-5-7-8-6-4-2;1-2/h6-7H,3-5H2,1-2H3;8H,3-7H2,1-2H3;1-2H3. The molecular weight excluding hydrogens is 230 g/mol. The number of nitrogens with one attached hydrogen (secondary N) is 1.